The molecule has 32 heavy (non-hydrogen) atoms. The Balaban J connectivity index is 1.66. The summed E-state index contributed by atoms with van der Waals surface area (Å²) in [4.78, 5) is 22.4. The Bertz CT molecular complexity index is 1100. The largest absolute Gasteiger partial charge is 0.383 e. The first-order chi connectivity index (χ1) is 15.0. The number of amides is 2. The normalized spacial score (nSPS) is 18.0. The van der Waals surface area contributed by atoms with Crippen molar-refractivity contribution in [2.45, 2.75) is 81.6 Å². The summed E-state index contributed by atoms with van der Waals surface area (Å²) in [6.45, 7) is 7.98. The first kappa shape index (κ1) is 23.4. The molecule has 2 aliphatic carbocycles. The van der Waals surface area contributed by atoms with Gasteiger partial charge in [-0.2, -0.15) is 4.36 Å². The van der Waals surface area contributed by atoms with Crippen LogP contribution in [0.3, 0.4) is 0 Å². The van der Waals surface area contributed by atoms with Gasteiger partial charge in [0.2, 0.25) is 0 Å². The number of thiazole rings is 1. The van der Waals surface area contributed by atoms with Crippen LogP contribution >= 0.6 is 11.3 Å². The van der Waals surface area contributed by atoms with Crippen LogP contribution in [0.1, 0.15) is 73.8 Å². The summed E-state index contributed by atoms with van der Waals surface area (Å²) in [6.07, 6.45) is 4.82. The second-order valence-electron chi connectivity index (χ2n) is 9.56. The number of carbonyl (C=O) groups is 1. The van der Waals surface area contributed by atoms with E-state index in [1.54, 1.807) is 21.0 Å². The molecule has 2 aromatic heterocycles. The number of methoxy groups -OCH3 is 1. The number of hydrogen-bond acceptors (Lipinski definition) is 6. The zero-order valence-electron chi connectivity index (χ0n) is 19.2. The number of anilines is 1. The second kappa shape index (κ2) is 8.57. The lowest BCUT2D eigenvalue weighted by Gasteiger charge is -2.20. The standard InChI is InChI=1S/C22H31N5O3S2/c1-21(2)10-9-13-16(12-7-6-8-14(12)24-17(13)21)26-20(28)27-32(23)18-15(11-30-5)25-19(31-18)22(3,4)29/h29H,6-11H2,1-5H3,(H3,23,24,26,27,28). The number of aliphatic hydroxyl groups is 1. The average Bonchev–Trinajstić information content (AvgIpc) is 3.39. The summed E-state index contributed by atoms with van der Waals surface area (Å²) in [5, 5.41) is 20.2. The maximum absolute atomic E-state index is 13.0. The maximum atomic E-state index is 13.0. The number of aryl methyl sites for hydroxylation is 1. The number of pyridine rings is 1. The van der Waals surface area contributed by atoms with E-state index in [-0.39, 0.29) is 12.0 Å². The summed E-state index contributed by atoms with van der Waals surface area (Å²) in [5.74, 6) is 0. The molecule has 0 radical (unpaired) electrons. The molecule has 0 saturated carbocycles. The molecule has 0 bridgehead atoms. The smallest absolute Gasteiger partial charge is 0.352 e. The fraction of sp³-hybridized carbons (Fsp3) is 0.591. The Labute approximate surface area is 195 Å². The number of nitrogens with zero attached hydrogens (tertiary/aromatic N) is 3. The summed E-state index contributed by atoms with van der Waals surface area (Å²) >= 11 is 1.27. The molecule has 2 amide bonds. The number of carbonyl (C=O) groups excluding carboxylic acids is 1. The number of hydrogen-bond donors (Lipinski definition) is 3. The van der Waals surface area contributed by atoms with Crippen LogP contribution in [0.4, 0.5) is 10.5 Å². The Morgan fingerprint density at radius 3 is 2.75 bits per heavy atom. The number of nitrogens with one attached hydrogen (secondary N) is 1. The van der Waals surface area contributed by atoms with Crippen LogP contribution < -0.4 is 10.5 Å². The minimum atomic E-state index is -1.21. The predicted octanol–water partition coefficient (Wildman–Crippen LogP) is 3.89. The highest BCUT2D eigenvalue weighted by atomic mass is 32.2. The van der Waals surface area contributed by atoms with Crippen molar-refractivity contribution in [3.8, 4) is 0 Å². The molecule has 1 unspecified atom stereocenters. The van der Waals surface area contributed by atoms with Gasteiger partial charge in [0.25, 0.3) is 0 Å². The Morgan fingerprint density at radius 2 is 2.06 bits per heavy atom. The van der Waals surface area contributed by atoms with Gasteiger partial charge in [-0.15, -0.1) is 11.3 Å². The number of aromatic nitrogens is 2. The molecule has 174 valence electrons. The van der Waals surface area contributed by atoms with Crippen LogP contribution in [0, 0.1) is 0 Å². The molecule has 2 heterocycles. The molecule has 0 saturated heterocycles. The third-order valence-corrected chi connectivity index (χ3v) is 8.98. The highest BCUT2D eigenvalue weighted by molar-refractivity contribution is 7.87. The summed E-state index contributed by atoms with van der Waals surface area (Å²) in [5.41, 5.74) is 4.86. The maximum Gasteiger partial charge on any atom is 0.352 e. The number of fused-ring (bicyclic) bond motifs is 2. The van der Waals surface area contributed by atoms with E-state index < -0.39 is 22.5 Å². The van der Waals surface area contributed by atoms with Crippen LogP contribution in [0.2, 0.25) is 0 Å². The van der Waals surface area contributed by atoms with E-state index >= 15 is 0 Å². The molecular formula is C22H31N5O3S2. The molecule has 2 aliphatic rings. The Hall–Kier alpha value is -1.72. The lowest BCUT2D eigenvalue weighted by molar-refractivity contribution is 0.0776. The van der Waals surface area contributed by atoms with Crippen molar-refractivity contribution in [3.63, 3.8) is 0 Å². The van der Waals surface area contributed by atoms with Gasteiger partial charge in [0.15, 0.2) is 0 Å². The quantitative estimate of drug-likeness (QED) is 0.600. The molecule has 0 fully saturated rings. The van der Waals surface area contributed by atoms with E-state index in [1.165, 1.54) is 11.3 Å². The molecule has 4 N–H and O–H groups in total. The third kappa shape index (κ3) is 4.38. The van der Waals surface area contributed by atoms with E-state index in [4.69, 9.17) is 14.9 Å². The minimum Gasteiger partial charge on any atom is -0.383 e. The fourth-order valence-electron chi connectivity index (χ4n) is 4.38. The van der Waals surface area contributed by atoms with Gasteiger partial charge in [0.05, 0.1) is 23.7 Å². The lowest BCUT2D eigenvalue weighted by Crippen LogP contribution is -2.18. The zero-order valence-corrected chi connectivity index (χ0v) is 20.9. The van der Waals surface area contributed by atoms with Crippen LogP contribution in [0.25, 0.3) is 0 Å². The summed E-state index contributed by atoms with van der Waals surface area (Å²) in [7, 11) is 0.353. The Kier molecular flexibility index (Phi) is 6.28. The SMILES string of the molecule is COCc1nc(C(C)(C)O)sc1/S(N)=N\C(=O)Nc1c2c(nc3c1CCC3(C)C)CCC2. The van der Waals surface area contributed by atoms with E-state index in [2.05, 4.69) is 28.5 Å². The van der Waals surface area contributed by atoms with Gasteiger partial charge >= 0.3 is 6.03 Å². The van der Waals surface area contributed by atoms with Crippen molar-refractivity contribution in [2.24, 2.45) is 9.50 Å². The van der Waals surface area contributed by atoms with Gasteiger partial charge in [-0.05, 0) is 57.1 Å². The summed E-state index contributed by atoms with van der Waals surface area (Å²) in [6, 6.07) is -0.468. The fourth-order valence-corrected chi connectivity index (χ4v) is 6.53. The second-order valence-corrected chi connectivity index (χ2v) is 12.0. The van der Waals surface area contributed by atoms with Gasteiger partial charge in [-0.1, -0.05) is 13.8 Å². The molecule has 10 heteroatoms. The molecule has 0 spiro atoms. The van der Waals surface area contributed by atoms with Crippen molar-refractivity contribution >= 4 is 33.9 Å². The molecular weight excluding hydrogens is 446 g/mol. The molecule has 2 aromatic rings. The number of rotatable bonds is 5. The van der Waals surface area contributed by atoms with Crippen LogP contribution in [-0.2, 0) is 52.5 Å². The third-order valence-electron chi connectivity index (χ3n) is 6.03. The molecule has 0 aromatic carbocycles. The van der Waals surface area contributed by atoms with Crippen molar-refractivity contribution < 1.29 is 14.6 Å². The molecule has 8 nitrogen and oxygen atoms in total. The number of nitrogens with two attached hydrogens (primary N) is 1. The van der Waals surface area contributed by atoms with Crippen LogP contribution in [0.15, 0.2) is 8.57 Å². The van der Waals surface area contributed by atoms with E-state index in [0.29, 0.717) is 14.9 Å². The molecule has 1 atom stereocenters. The molecule has 4 rings (SSSR count). The van der Waals surface area contributed by atoms with Crippen molar-refractivity contribution in [1.29, 1.82) is 0 Å². The van der Waals surface area contributed by atoms with Gasteiger partial charge in [0.1, 0.15) is 14.8 Å². The molecule has 0 aliphatic heterocycles. The highest BCUT2D eigenvalue weighted by Crippen LogP contribution is 2.44. The first-order valence-electron chi connectivity index (χ1n) is 10.8. The zero-order chi connectivity index (χ0) is 23.3. The monoisotopic (exact) mass is 477 g/mol. The first-order valence-corrected chi connectivity index (χ1v) is 12.9. The number of urea groups is 1. The van der Waals surface area contributed by atoms with Crippen molar-refractivity contribution in [1.82, 2.24) is 9.97 Å². The summed E-state index contributed by atoms with van der Waals surface area (Å²) < 4.78 is 10.1. The predicted molar refractivity (Wildman–Crippen MR) is 127 cm³/mol. The van der Waals surface area contributed by atoms with E-state index in [9.17, 15) is 9.90 Å². The van der Waals surface area contributed by atoms with Crippen molar-refractivity contribution in [2.75, 3.05) is 12.4 Å². The van der Waals surface area contributed by atoms with Gasteiger partial charge < -0.3 is 15.2 Å². The topological polar surface area (TPSA) is 123 Å². The highest BCUT2D eigenvalue weighted by Gasteiger charge is 2.36. The van der Waals surface area contributed by atoms with Gasteiger partial charge in [-0.25, -0.2) is 9.78 Å². The van der Waals surface area contributed by atoms with E-state index in [0.717, 1.165) is 60.3 Å². The van der Waals surface area contributed by atoms with E-state index in [1.807, 2.05) is 0 Å². The number of ether oxygens (including phenoxy) is 1. The van der Waals surface area contributed by atoms with Crippen LogP contribution in [0.5, 0.6) is 0 Å². The van der Waals surface area contributed by atoms with Crippen molar-refractivity contribution in [3.05, 3.63) is 33.2 Å². The lowest BCUT2D eigenvalue weighted by atomic mass is 9.90. The van der Waals surface area contributed by atoms with Gasteiger partial charge in [0, 0.05) is 29.1 Å². The Morgan fingerprint density at radius 1 is 1.31 bits per heavy atom. The van der Waals surface area contributed by atoms with Gasteiger partial charge in [-0.3, -0.25) is 10.1 Å². The minimum absolute atomic E-state index is 0.00686. The van der Waals surface area contributed by atoms with Crippen LogP contribution in [-0.4, -0.2) is 28.2 Å². The average molecular weight is 478 g/mol.